The number of rotatable bonds is 16. The largest absolute Gasteiger partial charge is 0.493 e. The first-order valence-corrected chi connectivity index (χ1v) is 35.8. The lowest BCUT2D eigenvalue weighted by molar-refractivity contribution is 0.116. The quantitative estimate of drug-likeness (QED) is 0.0716. The molecule has 15 heteroatoms. The van der Waals surface area contributed by atoms with Crippen molar-refractivity contribution in [2.24, 2.45) is 40.7 Å². The molecule has 9 N–H and O–H groups in total. The van der Waals surface area contributed by atoms with Crippen molar-refractivity contribution in [3.05, 3.63) is 107 Å². The lowest BCUT2D eigenvalue weighted by atomic mass is 9.93. The molecule has 5 saturated heterocycles. The fourth-order valence-electron chi connectivity index (χ4n) is 13.0. The Kier molecular flexibility index (Phi) is 41.3. The van der Waals surface area contributed by atoms with E-state index in [2.05, 4.69) is 189 Å². The third-order valence-electron chi connectivity index (χ3n) is 17.8. The van der Waals surface area contributed by atoms with Crippen molar-refractivity contribution in [1.82, 2.24) is 34.8 Å². The summed E-state index contributed by atoms with van der Waals surface area (Å²) in [6.07, 6.45) is 15.8. The maximum absolute atomic E-state index is 12.6. The SMILES string of the molecule is CC(C)COc1cc(F)cc(F)c1.CC(C)Cc1ccccc1C#N.CC(C)Cc1nccc2ccccc12.CC(C)N1CCCC1C(C)(C)N.CC(C)N1CCCC1CN.CC(C)N1CCCCC1CN.CC(C)N1CCNCC1.CC(N)C1CCCN1C(C)C. The van der Waals surface area contributed by atoms with E-state index in [0.717, 1.165) is 62.3 Å². The molecule has 0 saturated carbocycles. The molecular formula is C77H136F2N12O. The number of nitrogens with one attached hydrogen (secondary N) is 1. The van der Waals surface area contributed by atoms with Crippen molar-refractivity contribution in [3.8, 4) is 11.8 Å². The zero-order valence-electron chi connectivity index (χ0n) is 61.7. The van der Waals surface area contributed by atoms with Crippen LogP contribution < -0.4 is 33.0 Å². The fraction of sp³-hybridized carbons (Fsp3) is 0.714. The van der Waals surface area contributed by atoms with Crippen molar-refractivity contribution in [2.75, 3.05) is 72.1 Å². The Hall–Kier alpha value is -4.18. The standard InChI is InChI=1S/C13H15N.C11H13N.C10H12F2O.C10H22N2.2C9H20N2.C8H18N2.C7H16N2/c1-10(2)9-13-12-6-4-3-5-11(12)7-8-14-13;1-9(2)7-10-5-3-4-6-11(10)8-12;1-7(2)6-13-10-4-8(11)3-9(12)5-10;1-8(2)12-7-5-6-9(12)10(3,4)11;1-7(2)11-6-4-5-9(11)8(3)10;1-8(2)11-6-4-3-5-9(11)7-10;1-7(2)10-5-3-4-8(10)6-9;1-7(2)9-5-3-8-4-6-9/h3-8,10H,9H2,1-2H3;3-6,9H,7H2,1-2H3;3-5,7H,6H2,1-2H3;8-9H,5-7,11H2,1-4H3;7-9H,4-6,10H2,1-3H3;8-9H,3-7,10H2,1-2H3;7-8H,3-6,9H2,1-2H3;7-8H,3-6H2,1-2H3. The molecule has 92 heavy (non-hydrogen) atoms. The van der Waals surface area contributed by atoms with Crippen molar-refractivity contribution >= 4 is 10.8 Å². The number of halogens is 2. The van der Waals surface area contributed by atoms with Gasteiger partial charge in [0.2, 0.25) is 0 Å². The van der Waals surface area contributed by atoms with Crippen LogP contribution in [-0.2, 0) is 12.8 Å². The Balaban J connectivity index is 0.000000359. The fourth-order valence-corrected chi connectivity index (χ4v) is 13.0. The number of nitrogens with two attached hydrogens (primary N) is 4. The number of ether oxygens (including phenoxy) is 1. The molecule has 0 amide bonds. The zero-order valence-corrected chi connectivity index (χ0v) is 61.7. The van der Waals surface area contributed by atoms with Crippen LogP contribution in [0.5, 0.6) is 5.75 Å². The lowest BCUT2D eigenvalue weighted by Gasteiger charge is -2.37. The van der Waals surface area contributed by atoms with Gasteiger partial charge in [-0.25, -0.2) is 8.78 Å². The number of hydrogen-bond acceptors (Lipinski definition) is 13. The van der Waals surface area contributed by atoms with Crippen molar-refractivity contribution in [3.63, 3.8) is 0 Å². The number of aromatic nitrogens is 1. The maximum atomic E-state index is 12.6. The molecule has 5 atom stereocenters. The van der Waals surface area contributed by atoms with Gasteiger partial charge in [0, 0.05) is 141 Å². The summed E-state index contributed by atoms with van der Waals surface area (Å²) in [5.74, 6) is 0.628. The number of likely N-dealkylation sites (tertiary alicyclic amines) is 4. The monoisotopic (exact) mass is 1280 g/mol. The molecule has 9 rings (SSSR count). The van der Waals surface area contributed by atoms with E-state index in [9.17, 15) is 8.78 Å². The Morgan fingerprint density at radius 2 is 1.09 bits per heavy atom. The molecule has 0 radical (unpaired) electrons. The molecule has 5 fully saturated rings. The number of nitrogens with zero attached hydrogens (tertiary/aromatic N) is 7. The number of piperidine rings is 1. The lowest BCUT2D eigenvalue weighted by Crippen LogP contribution is -2.53. The van der Waals surface area contributed by atoms with Gasteiger partial charge in [0.15, 0.2) is 0 Å². The third-order valence-corrected chi connectivity index (χ3v) is 17.8. The number of pyridine rings is 1. The van der Waals surface area contributed by atoms with Crippen LogP contribution in [0.2, 0.25) is 0 Å². The maximum Gasteiger partial charge on any atom is 0.129 e. The van der Waals surface area contributed by atoms with Crippen LogP contribution in [0.25, 0.3) is 10.8 Å². The van der Waals surface area contributed by atoms with Crippen LogP contribution in [0.4, 0.5) is 8.78 Å². The number of nitriles is 1. The minimum atomic E-state index is -0.612. The summed E-state index contributed by atoms with van der Waals surface area (Å²) in [6, 6.07) is 29.9. The van der Waals surface area contributed by atoms with E-state index in [1.54, 1.807) is 0 Å². The summed E-state index contributed by atoms with van der Waals surface area (Å²) in [5.41, 5.74) is 26.5. The van der Waals surface area contributed by atoms with Gasteiger partial charge in [-0.1, -0.05) is 90.4 Å². The average Bonchev–Trinajstić information content (AvgIpc) is 1.87. The Bertz CT molecular complexity index is 2530. The van der Waals surface area contributed by atoms with Crippen LogP contribution in [0.15, 0.2) is 79.0 Å². The van der Waals surface area contributed by atoms with Crippen LogP contribution in [0.3, 0.4) is 0 Å². The highest BCUT2D eigenvalue weighted by molar-refractivity contribution is 5.84. The van der Waals surface area contributed by atoms with Crippen LogP contribution >= 0.6 is 0 Å². The van der Waals surface area contributed by atoms with Crippen molar-refractivity contribution < 1.29 is 13.5 Å². The van der Waals surface area contributed by atoms with Crippen molar-refractivity contribution in [2.45, 2.75) is 268 Å². The van der Waals surface area contributed by atoms with Gasteiger partial charge in [-0.15, -0.1) is 0 Å². The predicted molar refractivity (Wildman–Crippen MR) is 390 cm³/mol. The van der Waals surface area contributed by atoms with E-state index >= 15 is 0 Å². The summed E-state index contributed by atoms with van der Waals surface area (Å²) in [7, 11) is 0. The van der Waals surface area contributed by atoms with E-state index < -0.39 is 11.6 Å². The molecule has 0 spiro atoms. The molecular weight excluding hydrogens is 1150 g/mol. The molecule has 5 unspecified atom stereocenters. The molecule has 6 heterocycles. The number of benzene rings is 3. The Labute approximate surface area is 561 Å². The molecule has 524 valence electrons. The first-order chi connectivity index (χ1) is 43.4. The van der Waals surface area contributed by atoms with E-state index in [1.165, 1.54) is 126 Å². The normalized spacial score (nSPS) is 20.2. The summed E-state index contributed by atoms with van der Waals surface area (Å²) in [4.78, 5) is 17.0. The first kappa shape index (κ1) is 83.9. The highest BCUT2D eigenvalue weighted by Crippen LogP contribution is 2.28. The predicted octanol–water partition coefficient (Wildman–Crippen LogP) is 14.3. The molecule has 3 aromatic carbocycles. The molecule has 5 aliphatic heterocycles. The minimum absolute atomic E-state index is 0.0409. The number of piperazine rings is 1. The number of fused-ring (bicyclic) bond motifs is 1. The Morgan fingerprint density at radius 3 is 1.55 bits per heavy atom. The van der Waals surface area contributed by atoms with Crippen LogP contribution in [0, 0.1) is 40.7 Å². The second-order valence-corrected chi connectivity index (χ2v) is 29.4. The first-order valence-electron chi connectivity index (χ1n) is 35.8. The molecule has 0 aliphatic carbocycles. The van der Waals surface area contributed by atoms with Gasteiger partial charge in [0.25, 0.3) is 0 Å². The zero-order chi connectivity index (χ0) is 69.1. The van der Waals surface area contributed by atoms with Gasteiger partial charge in [0.1, 0.15) is 17.4 Å². The molecule has 4 aromatic rings. The molecule has 1 aromatic heterocycles. The van der Waals surface area contributed by atoms with Gasteiger partial charge in [-0.2, -0.15) is 5.26 Å². The van der Waals surface area contributed by atoms with Gasteiger partial charge in [-0.05, 0) is 221 Å². The smallest absolute Gasteiger partial charge is 0.129 e. The summed E-state index contributed by atoms with van der Waals surface area (Å²) < 4.78 is 30.4. The third kappa shape index (κ3) is 32.5. The average molecular weight is 1280 g/mol. The minimum Gasteiger partial charge on any atom is -0.493 e. The van der Waals surface area contributed by atoms with Gasteiger partial charge < -0.3 is 33.0 Å². The molecule has 0 bridgehead atoms. The van der Waals surface area contributed by atoms with Gasteiger partial charge in [0.05, 0.1) is 18.2 Å². The molecule has 13 nitrogen and oxygen atoms in total. The van der Waals surface area contributed by atoms with Gasteiger partial charge >= 0.3 is 0 Å². The van der Waals surface area contributed by atoms with Crippen LogP contribution in [0.1, 0.15) is 206 Å². The second-order valence-electron chi connectivity index (χ2n) is 29.4. The van der Waals surface area contributed by atoms with Crippen LogP contribution in [-0.4, -0.2) is 167 Å². The van der Waals surface area contributed by atoms with E-state index in [-0.39, 0.29) is 11.3 Å². The highest BCUT2D eigenvalue weighted by Gasteiger charge is 2.36. The number of hydrogen-bond donors (Lipinski definition) is 5. The van der Waals surface area contributed by atoms with E-state index in [0.29, 0.717) is 78.7 Å². The summed E-state index contributed by atoms with van der Waals surface area (Å²) >= 11 is 0. The summed E-state index contributed by atoms with van der Waals surface area (Å²) in [5, 5.41) is 14.7. The van der Waals surface area contributed by atoms with Crippen molar-refractivity contribution in [1.29, 1.82) is 5.26 Å². The van der Waals surface area contributed by atoms with E-state index in [4.69, 9.17) is 32.9 Å². The Morgan fingerprint density at radius 1 is 0.587 bits per heavy atom. The summed E-state index contributed by atoms with van der Waals surface area (Å²) in [6.45, 7) is 53.5. The highest BCUT2D eigenvalue weighted by atomic mass is 19.1. The van der Waals surface area contributed by atoms with E-state index in [1.807, 2.05) is 44.3 Å². The van der Waals surface area contributed by atoms with Gasteiger partial charge in [-0.3, -0.25) is 29.5 Å². The molecule has 5 aliphatic rings. The second kappa shape index (κ2) is 45.3. The topological polar surface area (TPSA) is 178 Å².